The quantitative estimate of drug-likeness (QED) is 0.575. The summed E-state index contributed by atoms with van der Waals surface area (Å²) in [6.45, 7) is 0. The summed E-state index contributed by atoms with van der Waals surface area (Å²) in [4.78, 5) is 13.6. The van der Waals surface area contributed by atoms with E-state index in [1.54, 1.807) is 23.1 Å². The third kappa shape index (κ3) is 2.11. The lowest BCUT2D eigenvalue weighted by Gasteiger charge is -2.03. The summed E-state index contributed by atoms with van der Waals surface area (Å²) in [6, 6.07) is 7.23. The van der Waals surface area contributed by atoms with E-state index in [9.17, 15) is 10.1 Å². The molecule has 80 valence electrons. The van der Waals surface area contributed by atoms with Crippen molar-refractivity contribution in [1.82, 2.24) is 14.8 Å². The normalized spacial score (nSPS) is 10.8. The molecule has 1 heterocycles. The summed E-state index contributed by atoms with van der Waals surface area (Å²) >= 11 is 0. The number of aromatic nitrogens is 3. The highest BCUT2D eigenvalue weighted by Crippen LogP contribution is 2.14. The first-order valence-corrected chi connectivity index (χ1v) is 4.53. The van der Waals surface area contributed by atoms with Crippen molar-refractivity contribution in [2.45, 2.75) is 0 Å². The first-order valence-electron chi connectivity index (χ1n) is 4.53. The predicted octanol–water partition coefficient (Wildman–Crippen LogP) is 1.51. The van der Waals surface area contributed by atoms with Crippen molar-refractivity contribution in [1.29, 1.82) is 0 Å². The van der Waals surface area contributed by atoms with Gasteiger partial charge in [0.25, 0.3) is 0 Å². The molecule has 0 saturated heterocycles. The van der Waals surface area contributed by atoms with Crippen molar-refractivity contribution < 1.29 is 4.92 Å². The van der Waals surface area contributed by atoms with E-state index in [0.29, 0.717) is 5.56 Å². The van der Waals surface area contributed by atoms with Crippen LogP contribution in [-0.4, -0.2) is 19.7 Å². The van der Waals surface area contributed by atoms with Gasteiger partial charge in [-0.15, -0.1) is 0 Å². The van der Waals surface area contributed by atoms with Crippen LogP contribution in [0.5, 0.6) is 0 Å². The van der Waals surface area contributed by atoms with Crippen molar-refractivity contribution in [2.24, 2.45) is 0 Å². The molecule has 0 spiro atoms. The SMILES string of the molecule is O=[N+]([O-])C=Cc1ccccc1-n1cncn1. The molecule has 0 N–H and O–H groups in total. The van der Waals surface area contributed by atoms with Crippen LogP contribution in [0.4, 0.5) is 0 Å². The predicted molar refractivity (Wildman–Crippen MR) is 57.4 cm³/mol. The number of para-hydroxylation sites is 1. The molecule has 2 rings (SSSR count). The van der Waals surface area contributed by atoms with Crippen molar-refractivity contribution >= 4 is 6.08 Å². The first kappa shape index (κ1) is 10.0. The summed E-state index contributed by atoms with van der Waals surface area (Å²) in [5.74, 6) is 0. The number of hydrogen-bond donors (Lipinski definition) is 0. The number of nitrogens with zero attached hydrogens (tertiary/aromatic N) is 4. The molecule has 2 aromatic rings. The minimum Gasteiger partial charge on any atom is -0.259 e. The van der Waals surface area contributed by atoms with E-state index in [1.165, 1.54) is 12.4 Å². The maximum absolute atomic E-state index is 10.3. The van der Waals surface area contributed by atoms with Crippen molar-refractivity contribution in [3.8, 4) is 5.69 Å². The Hall–Kier alpha value is -2.50. The van der Waals surface area contributed by atoms with Gasteiger partial charge in [0.2, 0.25) is 6.20 Å². The lowest BCUT2D eigenvalue weighted by atomic mass is 10.2. The summed E-state index contributed by atoms with van der Waals surface area (Å²) in [5, 5.41) is 14.2. The van der Waals surface area contributed by atoms with E-state index < -0.39 is 4.92 Å². The van der Waals surface area contributed by atoms with E-state index in [0.717, 1.165) is 11.9 Å². The van der Waals surface area contributed by atoms with Crippen LogP contribution in [0, 0.1) is 10.1 Å². The van der Waals surface area contributed by atoms with Gasteiger partial charge in [0, 0.05) is 11.6 Å². The molecule has 0 unspecified atom stereocenters. The van der Waals surface area contributed by atoms with Crippen LogP contribution in [0.15, 0.2) is 43.1 Å². The van der Waals surface area contributed by atoms with Gasteiger partial charge in [0.15, 0.2) is 0 Å². The zero-order valence-electron chi connectivity index (χ0n) is 8.22. The molecule has 0 aliphatic heterocycles. The van der Waals surface area contributed by atoms with E-state index in [-0.39, 0.29) is 0 Å². The number of benzene rings is 1. The molecule has 1 aromatic carbocycles. The molecule has 0 fully saturated rings. The van der Waals surface area contributed by atoms with Gasteiger partial charge in [0.1, 0.15) is 12.7 Å². The molecule has 0 aliphatic rings. The highest BCUT2D eigenvalue weighted by molar-refractivity contribution is 5.59. The van der Waals surface area contributed by atoms with E-state index in [2.05, 4.69) is 10.1 Å². The van der Waals surface area contributed by atoms with Gasteiger partial charge >= 0.3 is 0 Å². The molecular formula is C10H8N4O2. The van der Waals surface area contributed by atoms with Crippen LogP contribution in [0.25, 0.3) is 11.8 Å². The zero-order valence-corrected chi connectivity index (χ0v) is 8.22. The molecule has 16 heavy (non-hydrogen) atoms. The number of hydrogen-bond acceptors (Lipinski definition) is 4. The molecule has 1 aromatic heterocycles. The molecule has 0 amide bonds. The highest BCUT2D eigenvalue weighted by Gasteiger charge is 2.02. The molecule has 0 bridgehead atoms. The fraction of sp³-hybridized carbons (Fsp3) is 0. The Morgan fingerprint density at radius 1 is 1.38 bits per heavy atom. The fourth-order valence-corrected chi connectivity index (χ4v) is 1.31. The maximum atomic E-state index is 10.3. The van der Waals surface area contributed by atoms with Gasteiger partial charge in [-0.25, -0.2) is 9.67 Å². The maximum Gasteiger partial charge on any atom is 0.235 e. The lowest BCUT2D eigenvalue weighted by molar-refractivity contribution is -0.400. The van der Waals surface area contributed by atoms with Crippen LogP contribution in [-0.2, 0) is 0 Å². The summed E-state index contributed by atoms with van der Waals surface area (Å²) in [6.07, 6.45) is 5.28. The monoisotopic (exact) mass is 216 g/mol. The van der Waals surface area contributed by atoms with Gasteiger partial charge in [0.05, 0.1) is 10.6 Å². The van der Waals surface area contributed by atoms with Crippen molar-refractivity contribution in [3.05, 3.63) is 58.8 Å². The van der Waals surface area contributed by atoms with E-state index >= 15 is 0 Å². The van der Waals surface area contributed by atoms with Gasteiger partial charge in [-0.3, -0.25) is 10.1 Å². The third-order valence-electron chi connectivity index (χ3n) is 1.98. The molecule has 0 radical (unpaired) electrons. The average molecular weight is 216 g/mol. The van der Waals surface area contributed by atoms with Gasteiger partial charge in [-0.2, -0.15) is 5.10 Å². The fourth-order valence-electron chi connectivity index (χ4n) is 1.31. The smallest absolute Gasteiger partial charge is 0.235 e. The highest BCUT2D eigenvalue weighted by atomic mass is 16.6. The largest absolute Gasteiger partial charge is 0.259 e. The van der Waals surface area contributed by atoms with Gasteiger partial charge in [-0.1, -0.05) is 18.2 Å². The molecular weight excluding hydrogens is 208 g/mol. The molecule has 6 nitrogen and oxygen atoms in total. The summed E-state index contributed by atoms with van der Waals surface area (Å²) < 4.78 is 1.56. The average Bonchev–Trinajstić information content (AvgIpc) is 2.80. The van der Waals surface area contributed by atoms with Crippen LogP contribution in [0.3, 0.4) is 0 Å². The second-order valence-corrected chi connectivity index (χ2v) is 3.00. The van der Waals surface area contributed by atoms with Gasteiger partial charge in [-0.05, 0) is 6.07 Å². The van der Waals surface area contributed by atoms with E-state index in [1.807, 2.05) is 12.1 Å². The van der Waals surface area contributed by atoms with Crippen LogP contribution in [0.2, 0.25) is 0 Å². The first-order chi connectivity index (χ1) is 7.77. The van der Waals surface area contributed by atoms with Crippen molar-refractivity contribution in [3.63, 3.8) is 0 Å². The third-order valence-corrected chi connectivity index (χ3v) is 1.98. The minimum absolute atomic E-state index is 0.502. The Morgan fingerprint density at radius 2 is 2.19 bits per heavy atom. The van der Waals surface area contributed by atoms with Crippen LogP contribution >= 0.6 is 0 Å². The Morgan fingerprint density at radius 3 is 2.88 bits per heavy atom. The Balaban J connectivity index is 2.42. The van der Waals surface area contributed by atoms with E-state index in [4.69, 9.17) is 0 Å². The Bertz CT molecular complexity index is 519. The lowest BCUT2D eigenvalue weighted by Crippen LogP contribution is -1.97. The summed E-state index contributed by atoms with van der Waals surface area (Å²) in [5.41, 5.74) is 1.46. The molecule has 0 atom stereocenters. The standard InChI is InChI=1S/C10H8N4O2/c15-14(16)6-5-9-3-1-2-4-10(9)13-8-11-7-12-13/h1-8H. The topological polar surface area (TPSA) is 73.8 Å². The molecule has 0 saturated carbocycles. The second-order valence-electron chi connectivity index (χ2n) is 3.00. The minimum atomic E-state index is -0.502. The van der Waals surface area contributed by atoms with Crippen LogP contribution < -0.4 is 0 Å². The number of nitro groups is 1. The zero-order chi connectivity index (χ0) is 11.4. The number of rotatable bonds is 3. The second kappa shape index (κ2) is 4.35. The van der Waals surface area contributed by atoms with Gasteiger partial charge < -0.3 is 0 Å². The Labute approximate surface area is 91.0 Å². The Kier molecular flexibility index (Phi) is 2.73. The van der Waals surface area contributed by atoms with Crippen LogP contribution in [0.1, 0.15) is 5.56 Å². The molecule has 6 heteroatoms. The van der Waals surface area contributed by atoms with Crippen molar-refractivity contribution in [2.75, 3.05) is 0 Å². The molecule has 0 aliphatic carbocycles. The summed E-state index contributed by atoms with van der Waals surface area (Å²) in [7, 11) is 0.